The molecule has 1 fully saturated rings. The lowest BCUT2D eigenvalue weighted by Crippen LogP contribution is -2.28. The molecular weight excluding hydrogens is 186 g/mol. The van der Waals surface area contributed by atoms with E-state index in [0.29, 0.717) is 0 Å². The van der Waals surface area contributed by atoms with Gasteiger partial charge in [0, 0.05) is 31.2 Å². The molecular formula is C12H17N3. The van der Waals surface area contributed by atoms with Crippen molar-refractivity contribution in [3.8, 4) is 0 Å². The summed E-state index contributed by atoms with van der Waals surface area (Å²) in [6.45, 7) is 4.78. The Bertz CT molecular complexity index is 344. The normalized spacial score (nSPS) is 24.5. The minimum Gasteiger partial charge on any atom is -0.371 e. The minimum absolute atomic E-state index is 0.837. The fraction of sp³-hybridized carbons (Fsp3) is 0.583. The van der Waals surface area contributed by atoms with Crippen LogP contribution < -0.4 is 10.2 Å². The molecule has 3 nitrogen and oxygen atoms in total. The average molecular weight is 203 g/mol. The molecule has 80 valence electrons. The molecule has 0 bridgehead atoms. The van der Waals surface area contributed by atoms with Crippen LogP contribution in [0.3, 0.4) is 0 Å². The van der Waals surface area contributed by atoms with Crippen LogP contribution in [0.4, 0.5) is 5.69 Å². The van der Waals surface area contributed by atoms with Gasteiger partial charge in [-0.25, -0.2) is 0 Å². The number of hydrogen-bond donors (Lipinski definition) is 1. The number of rotatable bonds is 2. The predicted molar refractivity (Wildman–Crippen MR) is 61.1 cm³/mol. The van der Waals surface area contributed by atoms with Gasteiger partial charge < -0.3 is 10.2 Å². The third-order valence-corrected chi connectivity index (χ3v) is 3.51. The van der Waals surface area contributed by atoms with E-state index in [0.717, 1.165) is 5.92 Å². The Hall–Kier alpha value is -1.09. The molecule has 3 heteroatoms. The van der Waals surface area contributed by atoms with Gasteiger partial charge in [0.05, 0.1) is 0 Å². The Morgan fingerprint density at radius 1 is 1.53 bits per heavy atom. The van der Waals surface area contributed by atoms with Crippen molar-refractivity contribution in [3.05, 3.63) is 24.0 Å². The molecule has 15 heavy (non-hydrogen) atoms. The molecule has 1 unspecified atom stereocenters. The van der Waals surface area contributed by atoms with E-state index in [1.54, 1.807) is 0 Å². The SMILES string of the molecule is c1cc2c(cn1)CCN2CC1CCNC1. The topological polar surface area (TPSA) is 28.2 Å². The first-order chi connectivity index (χ1) is 7.43. The second-order valence-electron chi connectivity index (χ2n) is 4.56. The maximum Gasteiger partial charge on any atom is 0.0430 e. The Balaban J connectivity index is 1.73. The number of fused-ring (bicyclic) bond motifs is 1. The standard InChI is InChI=1S/C12H17N3/c1-4-13-7-10(1)9-15-6-3-11-8-14-5-2-12(11)15/h2,5,8,10,13H,1,3-4,6-7,9H2. The Kier molecular flexibility index (Phi) is 2.33. The molecule has 1 aromatic heterocycles. The van der Waals surface area contributed by atoms with Gasteiger partial charge in [0.1, 0.15) is 0 Å². The average Bonchev–Trinajstić information content (AvgIpc) is 2.89. The van der Waals surface area contributed by atoms with E-state index in [2.05, 4.69) is 21.3 Å². The highest BCUT2D eigenvalue weighted by molar-refractivity contribution is 5.56. The van der Waals surface area contributed by atoms with Crippen molar-refractivity contribution in [1.82, 2.24) is 10.3 Å². The summed E-state index contributed by atoms with van der Waals surface area (Å²) in [4.78, 5) is 6.71. The molecule has 0 aliphatic carbocycles. The lowest BCUT2D eigenvalue weighted by atomic mass is 10.1. The van der Waals surface area contributed by atoms with Crippen molar-refractivity contribution in [2.24, 2.45) is 5.92 Å². The maximum absolute atomic E-state index is 4.18. The molecule has 1 N–H and O–H groups in total. The van der Waals surface area contributed by atoms with E-state index < -0.39 is 0 Å². The van der Waals surface area contributed by atoms with Crippen LogP contribution in [0.1, 0.15) is 12.0 Å². The van der Waals surface area contributed by atoms with Gasteiger partial charge >= 0.3 is 0 Å². The van der Waals surface area contributed by atoms with Crippen LogP contribution in [-0.2, 0) is 6.42 Å². The van der Waals surface area contributed by atoms with Crippen LogP contribution >= 0.6 is 0 Å². The van der Waals surface area contributed by atoms with E-state index in [9.17, 15) is 0 Å². The third kappa shape index (κ3) is 1.72. The molecule has 0 aromatic carbocycles. The van der Waals surface area contributed by atoms with Crippen molar-refractivity contribution in [2.75, 3.05) is 31.1 Å². The van der Waals surface area contributed by atoms with Gasteiger partial charge in [0.25, 0.3) is 0 Å². The zero-order valence-corrected chi connectivity index (χ0v) is 8.95. The lowest BCUT2D eigenvalue weighted by molar-refractivity contribution is 0.567. The molecule has 3 heterocycles. The monoisotopic (exact) mass is 203 g/mol. The number of nitrogens with zero attached hydrogens (tertiary/aromatic N) is 2. The summed E-state index contributed by atoms with van der Waals surface area (Å²) < 4.78 is 0. The van der Waals surface area contributed by atoms with E-state index in [1.807, 2.05) is 12.4 Å². The second-order valence-corrected chi connectivity index (χ2v) is 4.56. The molecule has 0 radical (unpaired) electrons. The fourth-order valence-electron chi connectivity index (χ4n) is 2.67. The van der Waals surface area contributed by atoms with Crippen molar-refractivity contribution < 1.29 is 0 Å². The number of nitrogens with one attached hydrogen (secondary N) is 1. The first-order valence-electron chi connectivity index (χ1n) is 5.82. The Morgan fingerprint density at radius 2 is 2.53 bits per heavy atom. The summed E-state index contributed by atoms with van der Waals surface area (Å²) in [5.41, 5.74) is 2.83. The van der Waals surface area contributed by atoms with Crippen LogP contribution in [0.25, 0.3) is 0 Å². The molecule has 1 saturated heterocycles. The van der Waals surface area contributed by atoms with E-state index in [4.69, 9.17) is 0 Å². The highest BCUT2D eigenvalue weighted by Gasteiger charge is 2.23. The largest absolute Gasteiger partial charge is 0.371 e. The van der Waals surface area contributed by atoms with Gasteiger partial charge in [0.2, 0.25) is 0 Å². The summed E-state index contributed by atoms with van der Waals surface area (Å²) in [7, 11) is 0. The molecule has 0 spiro atoms. The summed E-state index contributed by atoms with van der Waals surface area (Å²) in [5, 5.41) is 3.43. The van der Waals surface area contributed by atoms with Crippen LogP contribution in [0.2, 0.25) is 0 Å². The molecule has 2 aliphatic rings. The summed E-state index contributed by atoms with van der Waals surface area (Å²) in [6, 6.07) is 2.16. The minimum atomic E-state index is 0.837. The van der Waals surface area contributed by atoms with Crippen LogP contribution in [0.5, 0.6) is 0 Å². The molecule has 1 aromatic rings. The van der Waals surface area contributed by atoms with Crippen molar-refractivity contribution >= 4 is 5.69 Å². The molecule has 0 amide bonds. The smallest absolute Gasteiger partial charge is 0.0430 e. The third-order valence-electron chi connectivity index (χ3n) is 3.51. The van der Waals surface area contributed by atoms with E-state index >= 15 is 0 Å². The predicted octanol–water partition coefficient (Wildman–Crippen LogP) is 1.05. The highest BCUT2D eigenvalue weighted by atomic mass is 15.2. The zero-order valence-electron chi connectivity index (χ0n) is 8.95. The van der Waals surface area contributed by atoms with Crippen LogP contribution in [-0.4, -0.2) is 31.2 Å². The molecule has 0 saturated carbocycles. The Morgan fingerprint density at radius 3 is 3.40 bits per heavy atom. The molecule has 2 aliphatic heterocycles. The van der Waals surface area contributed by atoms with Gasteiger partial charge in [-0.05, 0) is 43.5 Å². The molecule has 1 atom stereocenters. The fourth-order valence-corrected chi connectivity index (χ4v) is 2.67. The first-order valence-corrected chi connectivity index (χ1v) is 5.82. The quantitative estimate of drug-likeness (QED) is 0.779. The summed E-state index contributed by atoms with van der Waals surface area (Å²) in [5.74, 6) is 0.837. The number of aromatic nitrogens is 1. The van der Waals surface area contributed by atoms with Crippen molar-refractivity contribution in [2.45, 2.75) is 12.8 Å². The highest BCUT2D eigenvalue weighted by Crippen LogP contribution is 2.27. The maximum atomic E-state index is 4.18. The first kappa shape index (κ1) is 9.16. The van der Waals surface area contributed by atoms with Crippen LogP contribution in [0, 0.1) is 5.92 Å². The number of hydrogen-bond acceptors (Lipinski definition) is 3. The van der Waals surface area contributed by atoms with Crippen molar-refractivity contribution in [3.63, 3.8) is 0 Å². The number of pyridine rings is 1. The van der Waals surface area contributed by atoms with Gasteiger partial charge in [0.15, 0.2) is 0 Å². The van der Waals surface area contributed by atoms with Crippen molar-refractivity contribution in [1.29, 1.82) is 0 Å². The van der Waals surface area contributed by atoms with Gasteiger partial charge in [-0.15, -0.1) is 0 Å². The van der Waals surface area contributed by atoms with E-state index in [-0.39, 0.29) is 0 Å². The van der Waals surface area contributed by atoms with Gasteiger partial charge in [-0.1, -0.05) is 0 Å². The second kappa shape index (κ2) is 3.81. The lowest BCUT2D eigenvalue weighted by Gasteiger charge is -2.22. The summed E-state index contributed by atoms with van der Waals surface area (Å²) >= 11 is 0. The molecule has 3 rings (SSSR count). The summed E-state index contributed by atoms with van der Waals surface area (Å²) in [6.07, 6.45) is 6.42. The van der Waals surface area contributed by atoms with Gasteiger partial charge in [-0.3, -0.25) is 4.98 Å². The van der Waals surface area contributed by atoms with E-state index in [1.165, 1.54) is 50.3 Å². The zero-order chi connectivity index (χ0) is 10.1. The number of anilines is 1. The Labute approximate surface area is 90.5 Å². The van der Waals surface area contributed by atoms with Gasteiger partial charge in [-0.2, -0.15) is 0 Å². The van der Waals surface area contributed by atoms with Crippen LogP contribution in [0.15, 0.2) is 18.5 Å².